The van der Waals surface area contributed by atoms with Crippen LogP contribution < -0.4 is 5.32 Å². The third kappa shape index (κ3) is 6.93. The molecule has 30 heavy (non-hydrogen) atoms. The van der Waals surface area contributed by atoms with Crippen molar-refractivity contribution in [3.8, 4) is 0 Å². The van der Waals surface area contributed by atoms with Crippen molar-refractivity contribution in [2.75, 3.05) is 32.7 Å². The first kappa shape index (κ1) is 23.5. The molecule has 0 atom stereocenters. The third-order valence-corrected chi connectivity index (χ3v) is 4.36. The molecule has 0 unspecified atom stereocenters. The minimum Gasteiger partial charge on any atom is -0.444 e. The monoisotopic (exact) mass is 429 g/mol. The van der Waals surface area contributed by atoms with E-state index in [9.17, 15) is 27.6 Å². The van der Waals surface area contributed by atoms with Crippen molar-refractivity contribution >= 4 is 17.9 Å². The third-order valence-electron chi connectivity index (χ3n) is 4.36. The highest BCUT2D eigenvalue weighted by Gasteiger charge is 2.32. The molecule has 0 saturated carbocycles. The van der Waals surface area contributed by atoms with E-state index < -0.39 is 29.3 Å². The number of ether oxygens (including phenoxy) is 1. The van der Waals surface area contributed by atoms with Crippen LogP contribution in [0.2, 0.25) is 0 Å². The second kappa shape index (κ2) is 9.36. The average molecular weight is 429 g/mol. The van der Waals surface area contributed by atoms with Gasteiger partial charge in [0.25, 0.3) is 5.91 Å². The van der Waals surface area contributed by atoms with Crippen molar-refractivity contribution in [1.29, 1.82) is 0 Å². The fraction of sp³-hybridized carbons (Fsp3) is 0.550. The van der Waals surface area contributed by atoms with Crippen LogP contribution in [0, 0.1) is 0 Å². The van der Waals surface area contributed by atoms with Gasteiger partial charge >= 0.3 is 12.3 Å². The van der Waals surface area contributed by atoms with Gasteiger partial charge in [-0.2, -0.15) is 13.2 Å². The molecule has 1 saturated heterocycles. The number of piperazine rings is 1. The highest BCUT2D eigenvalue weighted by atomic mass is 19.4. The molecule has 1 aromatic rings. The Morgan fingerprint density at radius 1 is 1.03 bits per heavy atom. The molecule has 1 aliphatic rings. The first-order valence-corrected chi connectivity index (χ1v) is 9.58. The van der Waals surface area contributed by atoms with Gasteiger partial charge in [0.15, 0.2) is 0 Å². The zero-order chi connectivity index (χ0) is 22.5. The van der Waals surface area contributed by atoms with E-state index in [0.29, 0.717) is 0 Å². The average Bonchev–Trinajstić information content (AvgIpc) is 2.65. The summed E-state index contributed by atoms with van der Waals surface area (Å²) >= 11 is 0. The van der Waals surface area contributed by atoms with Crippen molar-refractivity contribution in [2.45, 2.75) is 39.0 Å². The molecule has 0 aromatic heterocycles. The first-order chi connectivity index (χ1) is 13.9. The number of alkyl carbamates (subject to hydrolysis) is 1. The lowest BCUT2D eigenvalue weighted by atomic mass is 10.1. The van der Waals surface area contributed by atoms with Gasteiger partial charge in [0.2, 0.25) is 5.91 Å². The van der Waals surface area contributed by atoms with Crippen molar-refractivity contribution in [1.82, 2.24) is 15.1 Å². The number of hydrogen-bond donors (Lipinski definition) is 1. The SMILES string of the molecule is CC(C)(C)OC(=O)NCCC(=O)N1CCN(C(=O)c2cccc(C(F)(F)F)c2)CC1. The van der Waals surface area contributed by atoms with E-state index >= 15 is 0 Å². The predicted molar refractivity (Wildman–Crippen MR) is 103 cm³/mol. The highest BCUT2D eigenvalue weighted by Crippen LogP contribution is 2.29. The fourth-order valence-electron chi connectivity index (χ4n) is 2.91. The zero-order valence-corrected chi connectivity index (χ0v) is 17.2. The number of nitrogens with one attached hydrogen (secondary N) is 1. The van der Waals surface area contributed by atoms with Crippen molar-refractivity contribution in [3.63, 3.8) is 0 Å². The highest BCUT2D eigenvalue weighted by molar-refractivity contribution is 5.94. The van der Waals surface area contributed by atoms with Gasteiger partial charge in [-0.3, -0.25) is 9.59 Å². The van der Waals surface area contributed by atoms with Gasteiger partial charge in [0, 0.05) is 44.7 Å². The summed E-state index contributed by atoms with van der Waals surface area (Å²) in [6.45, 7) is 6.32. The predicted octanol–water partition coefficient (Wildman–Crippen LogP) is 2.90. The number of rotatable bonds is 4. The van der Waals surface area contributed by atoms with E-state index in [1.807, 2.05) is 0 Å². The molecule has 2 rings (SSSR count). The van der Waals surface area contributed by atoms with Crippen LogP contribution in [0.25, 0.3) is 0 Å². The Morgan fingerprint density at radius 3 is 2.20 bits per heavy atom. The summed E-state index contributed by atoms with van der Waals surface area (Å²) in [6.07, 6.45) is -5.04. The molecule has 0 aliphatic carbocycles. The quantitative estimate of drug-likeness (QED) is 0.798. The lowest BCUT2D eigenvalue weighted by Crippen LogP contribution is -2.51. The maximum Gasteiger partial charge on any atom is 0.416 e. The van der Waals surface area contributed by atoms with Crippen LogP contribution in [0.5, 0.6) is 0 Å². The normalized spacial score (nSPS) is 15.0. The molecule has 1 N–H and O–H groups in total. The number of nitrogens with zero attached hydrogens (tertiary/aromatic N) is 2. The number of amides is 3. The van der Waals surface area contributed by atoms with Crippen molar-refractivity contribution in [2.24, 2.45) is 0 Å². The van der Waals surface area contributed by atoms with Crippen LogP contribution >= 0.6 is 0 Å². The van der Waals surface area contributed by atoms with Crippen LogP contribution in [0.3, 0.4) is 0 Å². The summed E-state index contributed by atoms with van der Waals surface area (Å²) in [5.41, 5.74) is -1.54. The summed E-state index contributed by atoms with van der Waals surface area (Å²) in [5, 5.41) is 2.51. The largest absolute Gasteiger partial charge is 0.444 e. The molecule has 0 bridgehead atoms. The summed E-state index contributed by atoms with van der Waals surface area (Å²) in [5.74, 6) is -0.683. The van der Waals surface area contributed by atoms with Crippen LogP contribution in [-0.2, 0) is 15.7 Å². The maximum absolute atomic E-state index is 12.8. The first-order valence-electron chi connectivity index (χ1n) is 9.58. The molecule has 0 radical (unpaired) electrons. The van der Waals surface area contributed by atoms with E-state index in [1.54, 1.807) is 25.7 Å². The van der Waals surface area contributed by atoms with Crippen LogP contribution in [0.15, 0.2) is 24.3 Å². The molecular formula is C20H26F3N3O4. The summed E-state index contributed by atoms with van der Waals surface area (Å²) in [4.78, 5) is 39.4. The van der Waals surface area contributed by atoms with Gasteiger partial charge in [-0.25, -0.2) is 4.79 Å². The van der Waals surface area contributed by atoms with Crippen LogP contribution in [0.1, 0.15) is 43.1 Å². The van der Waals surface area contributed by atoms with Gasteiger partial charge in [-0.1, -0.05) is 6.07 Å². The Bertz CT molecular complexity index is 782. The van der Waals surface area contributed by atoms with Gasteiger partial charge in [0.05, 0.1) is 5.56 Å². The zero-order valence-electron chi connectivity index (χ0n) is 17.2. The van der Waals surface area contributed by atoms with E-state index in [-0.39, 0.29) is 50.6 Å². The van der Waals surface area contributed by atoms with Gasteiger partial charge in [-0.05, 0) is 39.0 Å². The molecular weight excluding hydrogens is 403 g/mol. The lowest BCUT2D eigenvalue weighted by Gasteiger charge is -2.35. The Hall–Kier alpha value is -2.78. The minimum absolute atomic E-state index is 0.0360. The minimum atomic E-state index is -4.52. The Balaban J connectivity index is 1.81. The number of carbonyl (C=O) groups excluding carboxylic acids is 3. The molecule has 166 valence electrons. The maximum atomic E-state index is 12.8. The van der Waals surface area contributed by atoms with Crippen molar-refractivity contribution in [3.05, 3.63) is 35.4 Å². The standard InChI is InChI=1S/C20H26F3N3O4/c1-19(2,3)30-18(29)24-8-7-16(27)25-9-11-26(12-10-25)17(28)14-5-4-6-15(13-14)20(21,22)23/h4-6,13H,7-12H2,1-3H3,(H,24,29). The smallest absolute Gasteiger partial charge is 0.416 e. The molecule has 10 heteroatoms. The lowest BCUT2D eigenvalue weighted by molar-refractivity contribution is -0.137. The van der Waals surface area contributed by atoms with Crippen LogP contribution in [-0.4, -0.2) is 66.0 Å². The van der Waals surface area contributed by atoms with Gasteiger partial charge < -0.3 is 19.9 Å². The molecule has 0 spiro atoms. The van der Waals surface area contributed by atoms with E-state index in [4.69, 9.17) is 4.74 Å². The van der Waals surface area contributed by atoms with E-state index in [0.717, 1.165) is 12.1 Å². The van der Waals surface area contributed by atoms with Crippen molar-refractivity contribution < 1.29 is 32.3 Å². The van der Waals surface area contributed by atoms with Gasteiger partial charge in [0.1, 0.15) is 5.60 Å². The second-order valence-corrected chi connectivity index (χ2v) is 7.93. The topological polar surface area (TPSA) is 79.0 Å². The summed E-state index contributed by atoms with van der Waals surface area (Å²) in [6, 6.07) is 4.30. The number of hydrogen-bond acceptors (Lipinski definition) is 4. The number of benzene rings is 1. The fourth-order valence-corrected chi connectivity index (χ4v) is 2.91. The number of carbonyl (C=O) groups is 3. The second-order valence-electron chi connectivity index (χ2n) is 7.93. The van der Waals surface area contributed by atoms with E-state index in [2.05, 4.69) is 5.32 Å². The Labute approximate surface area is 173 Å². The Morgan fingerprint density at radius 2 is 1.63 bits per heavy atom. The number of alkyl halides is 3. The molecule has 1 aromatic carbocycles. The molecule has 1 fully saturated rings. The van der Waals surface area contributed by atoms with Gasteiger partial charge in [-0.15, -0.1) is 0 Å². The molecule has 7 nitrogen and oxygen atoms in total. The molecule has 3 amide bonds. The Kier molecular flexibility index (Phi) is 7.33. The summed E-state index contributed by atoms with van der Waals surface area (Å²) < 4.78 is 43.6. The summed E-state index contributed by atoms with van der Waals surface area (Å²) in [7, 11) is 0. The number of halogens is 3. The molecule has 1 heterocycles. The van der Waals surface area contributed by atoms with Crippen LogP contribution in [0.4, 0.5) is 18.0 Å². The molecule has 1 aliphatic heterocycles. The van der Waals surface area contributed by atoms with E-state index in [1.165, 1.54) is 17.0 Å².